The standard InChI is InChI=1S/C18H23N3O3S2/c1-4-12(3)10-19-17(22)18-20-16-13-8-6-7-9-15(13)26(23,24)21(5-2)11-14(16)25-18/h6-9,12H,4-5,10-11H2,1-3H3,(H,19,22). The fourth-order valence-corrected chi connectivity index (χ4v) is 5.51. The first-order valence-corrected chi connectivity index (χ1v) is 11.0. The van der Waals surface area contributed by atoms with E-state index in [-0.39, 0.29) is 17.3 Å². The van der Waals surface area contributed by atoms with Crippen LogP contribution in [0, 0.1) is 5.92 Å². The quantitative estimate of drug-likeness (QED) is 0.846. The molecule has 1 aliphatic heterocycles. The highest BCUT2D eigenvalue weighted by Gasteiger charge is 2.33. The van der Waals surface area contributed by atoms with E-state index in [2.05, 4.69) is 24.1 Å². The molecule has 0 bridgehead atoms. The SMILES string of the molecule is CCC(C)CNC(=O)c1nc2c(s1)CN(CC)S(=O)(=O)c1ccccc1-2. The van der Waals surface area contributed by atoms with E-state index >= 15 is 0 Å². The molecule has 26 heavy (non-hydrogen) atoms. The highest BCUT2D eigenvalue weighted by molar-refractivity contribution is 7.89. The van der Waals surface area contributed by atoms with Gasteiger partial charge in [-0.2, -0.15) is 4.31 Å². The number of hydrogen-bond acceptors (Lipinski definition) is 5. The summed E-state index contributed by atoms with van der Waals surface area (Å²) in [5, 5.41) is 3.30. The van der Waals surface area contributed by atoms with Crippen molar-refractivity contribution >= 4 is 27.3 Å². The molecule has 1 atom stereocenters. The third-order valence-electron chi connectivity index (χ3n) is 4.63. The van der Waals surface area contributed by atoms with Gasteiger partial charge in [-0.1, -0.05) is 45.4 Å². The highest BCUT2D eigenvalue weighted by atomic mass is 32.2. The Kier molecular flexibility index (Phi) is 5.45. The number of benzene rings is 1. The van der Waals surface area contributed by atoms with Crippen LogP contribution in [0.15, 0.2) is 29.2 Å². The summed E-state index contributed by atoms with van der Waals surface area (Å²) in [5.74, 6) is 0.199. The molecular formula is C18H23N3O3S2. The number of carbonyl (C=O) groups is 1. The molecule has 0 radical (unpaired) electrons. The van der Waals surface area contributed by atoms with Gasteiger partial charge in [0.2, 0.25) is 10.0 Å². The fourth-order valence-electron chi connectivity index (χ4n) is 2.81. The van der Waals surface area contributed by atoms with Crippen LogP contribution in [-0.2, 0) is 16.6 Å². The van der Waals surface area contributed by atoms with Gasteiger partial charge < -0.3 is 5.32 Å². The summed E-state index contributed by atoms with van der Waals surface area (Å²) in [6, 6.07) is 6.86. The average molecular weight is 394 g/mol. The topological polar surface area (TPSA) is 79.4 Å². The third kappa shape index (κ3) is 3.41. The fraction of sp³-hybridized carbons (Fsp3) is 0.444. The lowest BCUT2D eigenvalue weighted by molar-refractivity contribution is 0.0947. The Morgan fingerprint density at radius 1 is 1.35 bits per heavy atom. The number of thiazole rings is 1. The first kappa shape index (κ1) is 19.0. The molecule has 6 nitrogen and oxygen atoms in total. The highest BCUT2D eigenvalue weighted by Crippen LogP contribution is 2.38. The number of fused-ring (bicyclic) bond motifs is 3. The summed E-state index contributed by atoms with van der Waals surface area (Å²) in [6.45, 7) is 7.18. The Morgan fingerprint density at radius 2 is 2.08 bits per heavy atom. The molecule has 1 aromatic carbocycles. The molecule has 1 aromatic heterocycles. The average Bonchev–Trinajstić information content (AvgIpc) is 3.04. The molecule has 0 saturated heterocycles. The van der Waals surface area contributed by atoms with Gasteiger partial charge in [0, 0.05) is 23.5 Å². The number of carbonyl (C=O) groups excluding carboxylic acids is 1. The van der Waals surface area contributed by atoms with Crippen LogP contribution in [0.5, 0.6) is 0 Å². The summed E-state index contributed by atoms with van der Waals surface area (Å²) in [6.07, 6.45) is 0.991. The summed E-state index contributed by atoms with van der Waals surface area (Å²) in [4.78, 5) is 18.0. The zero-order valence-corrected chi connectivity index (χ0v) is 16.8. The summed E-state index contributed by atoms with van der Waals surface area (Å²) < 4.78 is 27.2. The van der Waals surface area contributed by atoms with Crippen molar-refractivity contribution in [3.8, 4) is 11.3 Å². The lowest BCUT2D eigenvalue weighted by Crippen LogP contribution is -2.29. The molecule has 1 N–H and O–H groups in total. The van der Waals surface area contributed by atoms with Crippen molar-refractivity contribution in [3.63, 3.8) is 0 Å². The van der Waals surface area contributed by atoms with Crippen molar-refractivity contribution in [3.05, 3.63) is 34.2 Å². The van der Waals surface area contributed by atoms with Crippen LogP contribution in [-0.4, -0.2) is 36.7 Å². The smallest absolute Gasteiger partial charge is 0.280 e. The normalized spacial score (nSPS) is 17.0. The summed E-state index contributed by atoms with van der Waals surface area (Å²) >= 11 is 1.27. The Labute approximate surface area is 158 Å². The van der Waals surface area contributed by atoms with Crippen molar-refractivity contribution in [2.45, 2.75) is 38.6 Å². The first-order valence-electron chi connectivity index (χ1n) is 8.75. The maximum atomic E-state index is 12.9. The minimum absolute atomic E-state index is 0.202. The Bertz CT molecular complexity index is 922. The third-order valence-corrected chi connectivity index (χ3v) is 7.65. The van der Waals surface area contributed by atoms with Crippen molar-refractivity contribution in [2.24, 2.45) is 5.92 Å². The molecule has 2 aromatic rings. The molecule has 1 amide bonds. The van der Waals surface area contributed by atoms with Gasteiger partial charge in [-0.3, -0.25) is 4.79 Å². The van der Waals surface area contributed by atoms with Gasteiger partial charge in [-0.05, 0) is 12.0 Å². The van der Waals surface area contributed by atoms with Gasteiger partial charge in [0.1, 0.15) is 0 Å². The molecule has 2 heterocycles. The van der Waals surface area contributed by atoms with E-state index in [9.17, 15) is 13.2 Å². The number of aromatic nitrogens is 1. The molecule has 0 spiro atoms. The lowest BCUT2D eigenvalue weighted by atomic mass is 10.1. The van der Waals surface area contributed by atoms with E-state index in [0.717, 1.165) is 11.3 Å². The van der Waals surface area contributed by atoms with Crippen LogP contribution in [0.1, 0.15) is 41.9 Å². The number of nitrogens with zero attached hydrogens (tertiary/aromatic N) is 2. The Morgan fingerprint density at radius 3 is 2.77 bits per heavy atom. The van der Waals surface area contributed by atoms with Crippen molar-refractivity contribution in [1.82, 2.24) is 14.6 Å². The number of nitrogens with one attached hydrogen (secondary N) is 1. The van der Waals surface area contributed by atoms with Gasteiger partial charge >= 0.3 is 0 Å². The molecule has 1 aliphatic rings. The largest absolute Gasteiger partial charge is 0.350 e. The minimum atomic E-state index is -3.57. The molecule has 140 valence electrons. The second-order valence-electron chi connectivity index (χ2n) is 6.44. The molecule has 3 rings (SSSR count). The van der Waals surface area contributed by atoms with Crippen LogP contribution >= 0.6 is 11.3 Å². The number of sulfonamides is 1. The second-order valence-corrected chi connectivity index (χ2v) is 9.43. The Balaban J connectivity index is 2.02. The van der Waals surface area contributed by atoms with Gasteiger partial charge in [-0.15, -0.1) is 11.3 Å². The number of hydrogen-bond donors (Lipinski definition) is 1. The molecular weight excluding hydrogens is 370 g/mol. The van der Waals surface area contributed by atoms with E-state index in [0.29, 0.717) is 35.3 Å². The van der Waals surface area contributed by atoms with E-state index in [1.807, 2.05) is 6.92 Å². The van der Waals surface area contributed by atoms with Crippen LogP contribution in [0.25, 0.3) is 11.3 Å². The van der Waals surface area contributed by atoms with Gasteiger partial charge in [0.25, 0.3) is 5.91 Å². The van der Waals surface area contributed by atoms with Crippen molar-refractivity contribution in [2.75, 3.05) is 13.1 Å². The zero-order valence-electron chi connectivity index (χ0n) is 15.2. The van der Waals surface area contributed by atoms with Gasteiger partial charge in [0.05, 0.1) is 17.1 Å². The molecule has 8 heteroatoms. The minimum Gasteiger partial charge on any atom is -0.350 e. The predicted octanol–water partition coefficient (Wildman–Crippen LogP) is 3.11. The van der Waals surface area contributed by atoms with Crippen molar-refractivity contribution < 1.29 is 13.2 Å². The summed E-state index contributed by atoms with van der Waals surface area (Å²) in [7, 11) is -3.57. The van der Waals surface area contributed by atoms with Gasteiger partial charge in [-0.25, -0.2) is 13.4 Å². The maximum Gasteiger partial charge on any atom is 0.280 e. The first-order chi connectivity index (χ1) is 12.4. The second kappa shape index (κ2) is 7.46. The lowest BCUT2D eigenvalue weighted by Gasteiger charge is -2.18. The monoisotopic (exact) mass is 393 g/mol. The van der Waals surface area contributed by atoms with Crippen LogP contribution < -0.4 is 5.32 Å². The molecule has 0 aliphatic carbocycles. The van der Waals surface area contributed by atoms with E-state index in [1.165, 1.54) is 15.6 Å². The van der Waals surface area contributed by atoms with Crippen molar-refractivity contribution in [1.29, 1.82) is 0 Å². The van der Waals surface area contributed by atoms with Crippen LogP contribution in [0.4, 0.5) is 0 Å². The number of amides is 1. The van der Waals surface area contributed by atoms with Gasteiger partial charge in [0.15, 0.2) is 5.01 Å². The number of rotatable bonds is 5. The van der Waals surface area contributed by atoms with E-state index in [4.69, 9.17) is 0 Å². The van der Waals surface area contributed by atoms with Crippen LogP contribution in [0.2, 0.25) is 0 Å². The van der Waals surface area contributed by atoms with Crippen LogP contribution in [0.3, 0.4) is 0 Å². The molecule has 0 saturated carbocycles. The van der Waals surface area contributed by atoms with E-state index < -0.39 is 10.0 Å². The molecule has 1 unspecified atom stereocenters. The maximum absolute atomic E-state index is 12.9. The Hall–Kier alpha value is -1.77. The predicted molar refractivity (Wildman–Crippen MR) is 103 cm³/mol. The zero-order chi connectivity index (χ0) is 18.9. The van der Waals surface area contributed by atoms with E-state index in [1.54, 1.807) is 24.3 Å². The molecule has 0 fully saturated rings. The summed E-state index contributed by atoms with van der Waals surface area (Å²) in [5.41, 5.74) is 1.16.